The van der Waals surface area contributed by atoms with Crippen LogP contribution in [0, 0.1) is 17.7 Å². The normalized spacial score (nSPS) is 26.4. The summed E-state index contributed by atoms with van der Waals surface area (Å²) in [4.78, 5) is 14.3. The fourth-order valence-electron chi connectivity index (χ4n) is 2.92. The van der Waals surface area contributed by atoms with E-state index in [1.807, 2.05) is 0 Å². The molecule has 3 nitrogen and oxygen atoms in total. The fourth-order valence-corrected chi connectivity index (χ4v) is 2.92. The molecular formula is C14H17FN2O. The number of hydrogen-bond donors (Lipinski definition) is 1. The lowest BCUT2D eigenvalue weighted by atomic mass is 9.96. The van der Waals surface area contributed by atoms with Crippen molar-refractivity contribution in [2.75, 3.05) is 24.5 Å². The van der Waals surface area contributed by atoms with E-state index >= 15 is 0 Å². The Kier molecular flexibility index (Phi) is 2.82. The van der Waals surface area contributed by atoms with Gasteiger partial charge >= 0.3 is 0 Å². The predicted octanol–water partition coefficient (Wildman–Crippen LogP) is 1.57. The highest BCUT2D eigenvalue weighted by Crippen LogP contribution is 2.31. The van der Waals surface area contributed by atoms with Crippen molar-refractivity contribution < 1.29 is 9.18 Å². The highest BCUT2D eigenvalue weighted by molar-refractivity contribution is 5.97. The molecule has 1 aromatic carbocycles. The van der Waals surface area contributed by atoms with Crippen LogP contribution >= 0.6 is 0 Å². The number of nitrogens with one attached hydrogen (secondary N) is 1. The second kappa shape index (κ2) is 4.35. The Balaban J connectivity index is 1.87. The third-order valence-electron chi connectivity index (χ3n) is 4.04. The standard InChI is InChI=1S/C14H17FN2O/c1-9-7-16-8-12(9)14(18)17-5-4-10-2-3-11(15)6-13(10)17/h2-3,6,9,12,16H,4-5,7-8H2,1H3/t9-,12-/m1/s1. The van der Waals surface area contributed by atoms with Gasteiger partial charge in [0, 0.05) is 18.8 Å². The molecule has 1 aromatic rings. The average Bonchev–Trinajstić information content (AvgIpc) is 2.94. The van der Waals surface area contributed by atoms with Gasteiger partial charge in [-0.05, 0) is 36.6 Å². The van der Waals surface area contributed by atoms with E-state index in [2.05, 4.69) is 12.2 Å². The van der Waals surface area contributed by atoms with E-state index in [9.17, 15) is 9.18 Å². The molecule has 1 amide bonds. The van der Waals surface area contributed by atoms with Gasteiger partial charge in [-0.15, -0.1) is 0 Å². The smallest absolute Gasteiger partial charge is 0.231 e. The molecule has 0 aliphatic carbocycles. The lowest BCUT2D eigenvalue weighted by molar-refractivity contribution is -0.122. The van der Waals surface area contributed by atoms with Crippen molar-refractivity contribution in [2.45, 2.75) is 13.3 Å². The van der Waals surface area contributed by atoms with Crippen molar-refractivity contribution in [3.8, 4) is 0 Å². The van der Waals surface area contributed by atoms with Crippen LogP contribution in [0.3, 0.4) is 0 Å². The molecule has 0 radical (unpaired) electrons. The first kappa shape index (κ1) is 11.7. The quantitative estimate of drug-likeness (QED) is 0.818. The molecule has 1 saturated heterocycles. The van der Waals surface area contributed by atoms with Gasteiger partial charge in [-0.1, -0.05) is 13.0 Å². The van der Waals surface area contributed by atoms with Crippen molar-refractivity contribution in [1.29, 1.82) is 0 Å². The zero-order chi connectivity index (χ0) is 12.7. The summed E-state index contributed by atoms with van der Waals surface area (Å²) in [6.45, 7) is 4.40. The maximum absolute atomic E-state index is 13.3. The van der Waals surface area contributed by atoms with Gasteiger partial charge < -0.3 is 10.2 Å². The van der Waals surface area contributed by atoms with Gasteiger partial charge in [-0.25, -0.2) is 4.39 Å². The number of anilines is 1. The van der Waals surface area contributed by atoms with E-state index in [4.69, 9.17) is 0 Å². The minimum absolute atomic E-state index is 0.0271. The van der Waals surface area contributed by atoms with Crippen LogP contribution in [0.25, 0.3) is 0 Å². The van der Waals surface area contributed by atoms with Crippen molar-refractivity contribution in [3.05, 3.63) is 29.6 Å². The van der Waals surface area contributed by atoms with E-state index < -0.39 is 0 Å². The summed E-state index contributed by atoms with van der Waals surface area (Å²) >= 11 is 0. The zero-order valence-electron chi connectivity index (χ0n) is 10.4. The van der Waals surface area contributed by atoms with Crippen molar-refractivity contribution in [1.82, 2.24) is 5.32 Å². The molecule has 2 heterocycles. The first-order valence-corrected chi connectivity index (χ1v) is 6.47. The van der Waals surface area contributed by atoms with Crippen LogP contribution in [0.15, 0.2) is 18.2 Å². The maximum atomic E-state index is 13.3. The molecule has 96 valence electrons. The van der Waals surface area contributed by atoms with Gasteiger partial charge in [-0.2, -0.15) is 0 Å². The summed E-state index contributed by atoms with van der Waals surface area (Å²) in [7, 11) is 0. The Morgan fingerprint density at radius 1 is 1.44 bits per heavy atom. The SMILES string of the molecule is C[C@@H]1CNC[C@H]1C(=O)N1CCc2ccc(F)cc21. The second-order valence-corrected chi connectivity index (χ2v) is 5.25. The van der Waals surface area contributed by atoms with Gasteiger partial charge in [0.25, 0.3) is 0 Å². The van der Waals surface area contributed by atoms with Crippen LogP contribution in [0.1, 0.15) is 12.5 Å². The third kappa shape index (κ3) is 1.81. The number of carbonyl (C=O) groups excluding carboxylic acids is 1. The average molecular weight is 248 g/mol. The van der Waals surface area contributed by atoms with Crippen molar-refractivity contribution in [2.24, 2.45) is 11.8 Å². The van der Waals surface area contributed by atoms with Gasteiger partial charge in [0.2, 0.25) is 5.91 Å². The largest absolute Gasteiger partial charge is 0.316 e. The third-order valence-corrected chi connectivity index (χ3v) is 4.04. The van der Waals surface area contributed by atoms with Gasteiger partial charge in [0.1, 0.15) is 5.82 Å². The van der Waals surface area contributed by atoms with Gasteiger partial charge in [0.05, 0.1) is 5.92 Å². The lowest BCUT2D eigenvalue weighted by Crippen LogP contribution is -2.37. The fraction of sp³-hybridized carbons (Fsp3) is 0.500. The first-order valence-electron chi connectivity index (χ1n) is 6.47. The summed E-state index contributed by atoms with van der Waals surface area (Å²) in [5, 5.41) is 3.24. The summed E-state index contributed by atoms with van der Waals surface area (Å²) in [6, 6.07) is 4.73. The number of halogens is 1. The molecular weight excluding hydrogens is 231 g/mol. The number of amides is 1. The predicted molar refractivity (Wildman–Crippen MR) is 68.0 cm³/mol. The van der Waals surface area contributed by atoms with Crippen molar-refractivity contribution in [3.63, 3.8) is 0 Å². The van der Waals surface area contributed by atoms with Crippen LogP contribution < -0.4 is 10.2 Å². The number of fused-ring (bicyclic) bond motifs is 1. The van der Waals surface area contributed by atoms with Crippen molar-refractivity contribution >= 4 is 11.6 Å². The Morgan fingerprint density at radius 3 is 3.00 bits per heavy atom. The lowest BCUT2D eigenvalue weighted by Gasteiger charge is -2.23. The minimum Gasteiger partial charge on any atom is -0.316 e. The molecule has 1 N–H and O–H groups in total. The molecule has 0 spiro atoms. The summed E-state index contributed by atoms with van der Waals surface area (Å²) in [5.74, 6) is 0.247. The Bertz CT molecular complexity index is 489. The van der Waals surface area contributed by atoms with Gasteiger partial charge in [0.15, 0.2) is 0 Å². The highest BCUT2D eigenvalue weighted by Gasteiger charge is 2.35. The molecule has 0 aromatic heterocycles. The summed E-state index contributed by atoms with van der Waals surface area (Å²) < 4.78 is 13.3. The Morgan fingerprint density at radius 2 is 2.28 bits per heavy atom. The topological polar surface area (TPSA) is 32.3 Å². The Labute approximate surface area is 106 Å². The number of rotatable bonds is 1. The van der Waals surface area contributed by atoms with E-state index in [1.54, 1.807) is 11.0 Å². The van der Waals surface area contributed by atoms with E-state index in [1.165, 1.54) is 12.1 Å². The molecule has 0 bridgehead atoms. The molecule has 2 aliphatic rings. The number of nitrogens with zero attached hydrogens (tertiary/aromatic N) is 1. The molecule has 18 heavy (non-hydrogen) atoms. The zero-order valence-corrected chi connectivity index (χ0v) is 10.4. The highest BCUT2D eigenvalue weighted by atomic mass is 19.1. The van der Waals surface area contributed by atoms with Crippen LogP contribution in [0.5, 0.6) is 0 Å². The molecule has 4 heteroatoms. The van der Waals surface area contributed by atoms with Crippen LogP contribution in [-0.4, -0.2) is 25.5 Å². The molecule has 3 rings (SSSR count). The van der Waals surface area contributed by atoms with Crippen LogP contribution in [0.4, 0.5) is 10.1 Å². The van der Waals surface area contributed by atoms with E-state index in [-0.39, 0.29) is 17.6 Å². The monoisotopic (exact) mass is 248 g/mol. The van der Waals surface area contributed by atoms with Crippen LogP contribution in [0.2, 0.25) is 0 Å². The minimum atomic E-state index is -0.272. The van der Waals surface area contributed by atoms with E-state index in [0.29, 0.717) is 12.5 Å². The summed E-state index contributed by atoms with van der Waals surface area (Å²) in [6.07, 6.45) is 0.829. The summed E-state index contributed by atoms with van der Waals surface area (Å²) in [5.41, 5.74) is 1.84. The first-order chi connectivity index (χ1) is 8.66. The molecule has 0 saturated carbocycles. The molecule has 0 unspecified atom stereocenters. The maximum Gasteiger partial charge on any atom is 0.231 e. The van der Waals surface area contributed by atoms with E-state index in [0.717, 1.165) is 30.8 Å². The molecule has 2 atom stereocenters. The molecule has 1 fully saturated rings. The van der Waals surface area contributed by atoms with Crippen LogP contribution in [-0.2, 0) is 11.2 Å². The van der Waals surface area contributed by atoms with Gasteiger partial charge in [-0.3, -0.25) is 4.79 Å². The Hall–Kier alpha value is -1.42. The molecule has 2 aliphatic heterocycles. The number of benzene rings is 1. The second-order valence-electron chi connectivity index (χ2n) is 5.25. The number of hydrogen-bond acceptors (Lipinski definition) is 2. The number of carbonyl (C=O) groups is 1.